The van der Waals surface area contributed by atoms with Gasteiger partial charge in [0.15, 0.2) is 0 Å². The van der Waals surface area contributed by atoms with Gasteiger partial charge in [-0.25, -0.2) is 0 Å². The zero-order valence-electron chi connectivity index (χ0n) is 12.4. The quantitative estimate of drug-likeness (QED) is 0.691. The van der Waals surface area contributed by atoms with Crippen LogP contribution in [-0.4, -0.2) is 4.75 Å². The van der Waals surface area contributed by atoms with Crippen LogP contribution >= 0.6 is 11.8 Å². The number of hydrogen-bond donors (Lipinski definition) is 0. The molecule has 0 bridgehead atoms. The molecule has 1 heteroatoms. The highest BCUT2D eigenvalue weighted by atomic mass is 32.2. The second-order valence-electron chi connectivity index (χ2n) is 6.24. The fraction of sp³-hybridized carbons (Fsp3) is 0.444. The van der Waals surface area contributed by atoms with Crippen molar-refractivity contribution >= 4 is 11.8 Å². The Labute approximate surface area is 122 Å². The van der Waals surface area contributed by atoms with Crippen LogP contribution in [0.1, 0.15) is 39.7 Å². The molecule has 0 heterocycles. The van der Waals surface area contributed by atoms with Crippen molar-refractivity contribution in [2.45, 2.75) is 43.6 Å². The molecule has 1 aromatic carbocycles. The van der Waals surface area contributed by atoms with Crippen LogP contribution in [-0.2, 0) is 4.75 Å². The lowest BCUT2D eigenvalue weighted by molar-refractivity contribution is 0.506. The molecule has 0 N–H and O–H groups in total. The van der Waals surface area contributed by atoms with Gasteiger partial charge in [0, 0.05) is 9.49 Å². The van der Waals surface area contributed by atoms with Crippen molar-refractivity contribution in [3.8, 4) is 0 Å². The van der Waals surface area contributed by atoms with Crippen LogP contribution in [0.2, 0.25) is 0 Å². The van der Waals surface area contributed by atoms with Gasteiger partial charge >= 0.3 is 0 Å². The van der Waals surface area contributed by atoms with Crippen molar-refractivity contribution in [1.29, 1.82) is 0 Å². The maximum Gasteiger partial charge on any atom is 0.0357 e. The average Bonchev–Trinajstić information content (AvgIpc) is 2.40. The van der Waals surface area contributed by atoms with Gasteiger partial charge in [-0.15, -0.1) is 11.8 Å². The normalized spacial score (nSPS) is 19.7. The van der Waals surface area contributed by atoms with Gasteiger partial charge in [-0.2, -0.15) is 0 Å². The Balaban J connectivity index is 2.15. The molecule has 1 aliphatic rings. The number of hydrogen-bond acceptors (Lipinski definition) is 1. The minimum atomic E-state index is 0.139. The van der Waals surface area contributed by atoms with E-state index in [1.165, 1.54) is 5.56 Å². The minimum Gasteiger partial charge on any atom is -0.144 e. The third kappa shape index (κ3) is 3.54. The molecular formula is C18H24S. The van der Waals surface area contributed by atoms with E-state index in [9.17, 15) is 0 Å². The van der Waals surface area contributed by atoms with Gasteiger partial charge in [-0.05, 0) is 31.7 Å². The van der Waals surface area contributed by atoms with Gasteiger partial charge in [-0.3, -0.25) is 0 Å². The van der Waals surface area contributed by atoms with E-state index in [-0.39, 0.29) is 9.49 Å². The molecule has 102 valence electrons. The van der Waals surface area contributed by atoms with Crippen LogP contribution in [0.5, 0.6) is 0 Å². The van der Waals surface area contributed by atoms with Crippen molar-refractivity contribution in [1.82, 2.24) is 0 Å². The summed E-state index contributed by atoms with van der Waals surface area (Å²) >= 11 is 2.08. The standard InChI is InChI=1S/C18H24S/c1-17(2,15-11-7-5-8-12-15)19-18(3,4)16-13-9-6-10-14-16/h5-13,16H,14H2,1-4H3. The SMILES string of the molecule is CC(C)(SC(C)(C)C1C=CC=CC1)c1ccccc1. The maximum absolute atomic E-state index is 2.37. The number of benzene rings is 1. The lowest BCUT2D eigenvalue weighted by Gasteiger charge is -2.39. The predicted octanol–water partition coefficient (Wildman–Crippen LogP) is 5.57. The smallest absolute Gasteiger partial charge is 0.0357 e. The molecule has 0 aliphatic heterocycles. The Kier molecular flexibility index (Phi) is 4.25. The second kappa shape index (κ2) is 5.58. The topological polar surface area (TPSA) is 0 Å². The fourth-order valence-corrected chi connectivity index (χ4v) is 4.62. The lowest BCUT2D eigenvalue weighted by Crippen LogP contribution is -2.31. The van der Waals surface area contributed by atoms with E-state index in [0.717, 1.165) is 6.42 Å². The third-order valence-corrected chi connectivity index (χ3v) is 5.44. The number of allylic oxidation sites excluding steroid dienone is 4. The Bertz CT molecular complexity index is 466. The molecule has 0 spiro atoms. The molecule has 2 rings (SSSR count). The summed E-state index contributed by atoms with van der Waals surface area (Å²) in [6.45, 7) is 9.40. The van der Waals surface area contributed by atoms with Crippen LogP contribution in [0.15, 0.2) is 54.6 Å². The van der Waals surface area contributed by atoms with Crippen LogP contribution in [0.4, 0.5) is 0 Å². The average molecular weight is 272 g/mol. The summed E-state index contributed by atoms with van der Waals surface area (Å²) in [6, 6.07) is 10.8. The highest BCUT2D eigenvalue weighted by molar-refractivity contribution is 8.01. The van der Waals surface area contributed by atoms with E-state index in [1.807, 2.05) is 0 Å². The molecule has 0 amide bonds. The first-order valence-electron chi connectivity index (χ1n) is 7.01. The van der Waals surface area contributed by atoms with Crippen molar-refractivity contribution < 1.29 is 0 Å². The van der Waals surface area contributed by atoms with E-state index < -0.39 is 0 Å². The van der Waals surface area contributed by atoms with Gasteiger partial charge in [-0.1, -0.05) is 68.5 Å². The summed E-state index contributed by atoms with van der Waals surface area (Å²) < 4.78 is 0.375. The van der Waals surface area contributed by atoms with E-state index >= 15 is 0 Å². The van der Waals surface area contributed by atoms with Crippen molar-refractivity contribution in [3.63, 3.8) is 0 Å². The molecule has 1 aliphatic carbocycles. The number of rotatable bonds is 4. The first kappa shape index (κ1) is 14.5. The molecule has 0 saturated carbocycles. The molecule has 1 atom stereocenters. The Hall–Kier alpha value is -0.950. The summed E-state index contributed by atoms with van der Waals surface area (Å²) in [5.41, 5.74) is 1.41. The third-order valence-electron chi connectivity index (χ3n) is 3.86. The number of thioether (sulfide) groups is 1. The molecule has 0 fully saturated rings. The summed E-state index contributed by atoms with van der Waals surface area (Å²) in [4.78, 5) is 0. The van der Waals surface area contributed by atoms with E-state index in [0.29, 0.717) is 5.92 Å². The van der Waals surface area contributed by atoms with E-state index in [2.05, 4.69) is 94.1 Å². The summed E-state index contributed by atoms with van der Waals surface area (Å²) in [6.07, 6.45) is 10.1. The van der Waals surface area contributed by atoms with E-state index in [4.69, 9.17) is 0 Å². The van der Waals surface area contributed by atoms with Gasteiger partial charge in [0.25, 0.3) is 0 Å². The molecule has 0 nitrogen and oxygen atoms in total. The highest BCUT2D eigenvalue weighted by Gasteiger charge is 2.35. The summed E-state index contributed by atoms with van der Waals surface area (Å²) in [7, 11) is 0. The zero-order valence-corrected chi connectivity index (χ0v) is 13.2. The summed E-state index contributed by atoms with van der Waals surface area (Å²) in [5.74, 6) is 0.616. The molecular weight excluding hydrogens is 248 g/mol. The van der Waals surface area contributed by atoms with Crippen LogP contribution in [0.25, 0.3) is 0 Å². The first-order chi connectivity index (χ1) is 8.92. The van der Waals surface area contributed by atoms with Crippen molar-refractivity contribution in [3.05, 3.63) is 60.2 Å². The first-order valence-corrected chi connectivity index (χ1v) is 7.82. The zero-order chi connectivity index (χ0) is 13.9. The van der Waals surface area contributed by atoms with Gasteiger partial charge in [0.2, 0.25) is 0 Å². The van der Waals surface area contributed by atoms with Gasteiger partial charge < -0.3 is 0 Å². The Morgan fingerprint density at radius 1 is 1.00 bits per heavy atom. The van der Waals surface area contributed by atoms with Crippen LogP contribution < -0.4 is 0 Å². The Morgan fingerprint density at radius 3 is 2.26 bits per heavy atom. The molecule has 1 aromatic rings. The van der Waals surface area contributed by atoms with Gasteiger partial charge in [0.1, 0.15) is 0 Å². The van der Waals surface area contributed by atoms with Gasteiger partial charge in [0.05, 0.1) is 0 Å². The monoisotopic (exact) mass is 272 g/mol. The molecule has 0 saturated heterocycles. The lowest BCUT2D eigenvalue weighted by atomic mass is 9.89. The molecule has 1 unspecified atom stereocenters. The summed E-state index contributed by atoms with van der Waals surface area (Å²) in [5, 5.41) is 0. The fourth-order valence-electron chi connectivity index (χ4n) is 2.73. The maximum atomic E-state index is 2.37. The largest absolute Gasteiger partial charge is 0.144 e. The Morgan fingerprint density at radius 2 is 1.68 bits per heavy atom. The minimum absolute atomic E-state index is 0.139. The second-order valence-corrected chi connectivity index (χ2v) is 8.51. The molecule has 0 aromatic heterocycles. The predicted molar refractivity (Wildman–Crippen MR) is 87.5 cm³/mol. The van der Waals surface area contributed by atoms with E-state index in [1.54, 1.807) is 0 Å². The van der Waals surface area contributed by atoms with Crippen molar-refractivity contribution in [2.75, 3.05) is 0 Å². The van der Waals surface area contributed by atoms with Crippen LogP contribution in [0.3, 0.4) is 0 Å². The van der Waals surface area contributed by atoms with Crippen molar-refractivity contribution in [2.24, 2.45) is 5.92 Å². The molecule has 0 radical (unpaired) electrons. The molecule has 19 heavy (non-hydrogen) atoms. The van der Waals surface area contributed by atoms with Crippen LogP contribution in [0, 0.1) is 5.92 Å². The highest BCUT2D eigenvalue weighted by Crippen LogP contribution is 2.48.